The van der Waals surface area contributed by atoms with Gasteiger partial charge in [0.25, 0.3) is 0 Å². The Kier molecular flexibility index (Phi) is 5.27. The van der Waals surface area contributed by atoms with E-state index < -0.39 is 0 Å². The van der Waals surface area contributed by atoms with E-state index in [1.165, 1.54) is 4.68 Å². The number of ether oxygens (including phenoxy) is 1. The number of amides is 2. The smallest absolute Gasteiger partial charge is 0.241 e. The highest BCUT2D eigenvalue weighted by atomic mass is 16.5. The summed E-state index contributed by atoms with van der Waals surface area (Å²) in [5, 5.41) is 13.2. The van der Waals surface area contributed by atoms with Gasteiger partial charge in [-0.2, -0.15) is 0 Å². The minimum Gasteiger partial charge on any atom is -0.497 e. The fourth-order valence-electron chi connectivity index (χ4n) is 2.38. The van der Waals surface area contributed by atoms with E-state index in [2.05, 4.69) is 20.9 Å². The van der Waals surface area contributed by atoms with Crippen LogP contribution in [0.3, 0.4) is 0 Å². The van der Waals surface area contributed by atoms with Crippen molar-refractivity contribution in [3.05, 3.63) is 36.0 Å². The van der Waals surface area contributed by atoms with Crippen LogP contribution < -0.4 is 15.4 Å². The molecule has 2 N–H and O–H groups in total. The summed E-state index contributed by atoms with van der Waals surface area (Å²) >= 11 is 0. The summed E-state index contributed by atoms with van der Waals surface area (Å²) in [6, 6.07) is 7.73. The summed E-state index contributed by atoms with van der Waals surface area (Å²) in [5.41, 5.74) is 1.09. The van der Waals surface area contributed by atoms with Crippen molar-refractivity contribution in [1.82, 2.24) is 20.3 Å². The monoisotopic (exact) mass is 343 g/mol. The van der Waals surface area contributed by atoms with Crippen LogP contribution in [0, 0.1) is 5.92 Å². The Labute approximate surface area is 145 Å². The van der Waals surface area contributed by atoms with Gasteiger partial charge in [-0.05, 0) is 37.0 Å². The molecule has 0 aliphatic heterocycles. The number of aromatic nitrogens is 3. The third kappa shape index (κ3) is 5.03. The lowest BCUT2D eigenvalue weighted by Crippen LogP contribution is -2.29. The molecule has 1 aliphatic carbocycles. The molecule has 2 amide bonds. The normalized spacial score (nSPS) is 13.3. The highest BCUT2D eigenvalue weighted by Gasteiger charge is 2.30. The molecule has 0 bridgehead atoms. The van der Waals surface area contributed by atoms with Gasteiger partial charge in [0.1, 0.15) is 12.3 Å². The van der Waals surface area contributed by atoms with Gasteiger partial charge in [0, 0.05) is 12.5 Å². The Morgan fingerprint density at radius 2 is 2.20 bits per heavy atom. The van der Waals surface area contributed by atoms with E-state index in [1.54, 1.807) is 13.3 Å². The predicted molar refractivity (Wildman–Crippen MR) is 91.1 cm³/mol. The summed E-state index contributed by atoms with van der Waals surface area (Å²) in [5.74, 6) is 1.08. The van der Waals surface area contributed by atoms with Crippen LogP contribution in [0.2, 0.25) is 0 Å². The zero-order valence-electron chi connectivity index (χ0n) is 14.1. The highest BCUT2D eigenvalue weighted by molar-refractivity contribution is 5.93. The second kappa shape index (κ2) is 7.78. The van der Waals surface area contributed by atoms with Gasteiger partial charge in [0.15, 0.2) is 5.82 Å². The molecule has 1 fully saturated rings. The van der Waals surface area contributed by atoms with Crippen molar-refractivity contribution in [3.8, 4) is 5.75 Å². The van der Waals surface area contributed by atoms with E-state index in [0.29, 0.717) is 18.8 Å². The quantitative estimate of drug-likeness (QED) is 0.745. The van der Waals surface area contributed by atoms with Crippen LogP contribution in [0.4, 0.5) is 5.82 Å². The minimum atomic E-state index is -0.159. The largest absolute Gasteiger partial charge is 0.497 e. The van der Waals surface area contributed by atoms with E-state index >= 15 is 0 Å². The second-order valence-corrected chi connectivity index (χ2v) is 6.02. The average molecular weight is 343 g/mol. The second-order valence-electron chi connectivity index (χ2n) is 6.02. The van der Waals surface area contributed by atoms with Crippen molar-refractivity contribution in [2.75, 3.05) is 19.0 Å². The summed E-state index contributed by atoms with van der Waals surface area (Å²) in [4.78, 5) is 23.6. The maximum absolute atomic E-state index is 12.0. The van der Waals surface area contributed by atoms with E-state index in [4.69, 9.17) is 4.74 Å². The van der Waals surface area contributed by atoms with Crippen LogP contribution in [0.25, 0.3) is 0 Å². The molecule has 3 rings (SSSR count). The van der Waals surface area contributed by atoms with Crippen LogP contribution in [0.5, 0.6) is 5.75 Å². The maximum Gasteiger partial charge on any atom is 0.241 e. The summed E-state index contributed by atoms with van der Waals surface area (Å²) < 4.78 is 6.58. The number of carbonyl (C=O) groups excluding carboxylic acids is 2. The predicted octanol–water partition coefficient (Wildman–Crippen LogP) is 0.994. The molecule has 1 aromatic carbocycles. The topological polar surface area (TPSA) is 98.1 Å². The number of anilines is 1. The van der Waals surface area contributed by atoms with Gasteiger partial charge in [0.2, 0.25) is 11.8 Å². The Bertz CT molecular complexity index is 754. The average Bonchev–Trinajstić information content (AvgIpc) is 3.37. The molecular weight excluding hydrogens is 322 g/mol. The molecule has 0 atom stereocenters. The van der Waals surface area contributed by atoms with Crippen molar-refractivity contribution in [2.45, 2.75) is 25.8 Å². The van der Waals surface area contributed by atoms with Gasteiger partial charge in [-0.15, -0.1) is 5.10 Å². The molecule has 1 saturated carbocycles. The number of carbonyl (C=O) groups is 2. The van der Waals surface area contributed by atoms with Crippen LogP contribution in [-0.4, -0.2) is 40.5 Å². The third-order valence-corrected chi connectivity index (χ3v) is 3.91. The molecule has 2 aromatic rings. The number of methoxy groups -OCH3 is 1. The fourth-order valence-corrected chi connectivity index (χ4v) is 2.38. The third-order valence-electron chi connectivity index (χ3n) is 3.91. The van der Waals surface area contributed by atoms with E-state index in [1.807, 2.05) is 24.3 Å². The standard InChI is InChI=1S/C17H21N5O3/c1-25-14-4-2-3-12(9-14)7-8-18-16(23)11-22-10-15(20-21-22)19-17(24)13-5-6-13/h2-4,9-10,13H,5-8,11H2,1H3,(H,18,23)(H,19,24). The maximum atomic E-state index is 12.0. The molecule has 25 heavy (non-hydrogen) atoms. The lowest BCUT2D eigenvalue weighted by molar-refractivity contribution is -0.121. The Morgan fingerprint density at radius 1 is 1.36 bits per heavy atom. The summed E-state index contributed by atoms with van der Waals surface area (Å²) in [6.45, 7) is 0.580. The Morgan fingerprint density at radius 3 is 2.96 bits per heavy atom. The van der Waals surface area contributed by atoms with Crippen molar-refractivity contribution in [3.63, 3.8) is 0 Å². The number of hydrogen-bond donors (Lipinski definition) is 2. The Balaban J connectivity index is 1.41. The van der Waals surface area contributed by atoms with E-state index in [-0.39, 0.29) is 24.3 Å². The summed E-state index contributed by atoms with van der Waals surface area (Å²) in [7, 11) is 1.63. The zero-order valence-corrected chi connectivity index (χ0v) is 14.1. The lowest BCUT2D eigenvalue weighted by Gasteiger charge is -2.06. The molecule has 8 nitrogen and oxygen atoms in total. The molecule has 0 radical (unpaired) electrons. The van der Waals surface area contributed by atoms with Crippen LogP contribution in [0.15, 0.2) is 30.5 Å². The molecular formula is C17H21N5O3. The van der Waals surface area contributed by atoms with Crippen LogP contribution >= 0.6 is 0 Å². The van der Waals surface area contributed by atoms with Gasteiger partial charge in [0.05, 0.1) is 13.3 Å². The molecule has 8 heteroatoms. The molecule has 0 saturated heterocycles. The van der Waals surface area contributed by atoms with Gasteiger partial charge in [-0.3, -0.25) is 9.59 Å². The summed E-state index contributed by atoms with van der Waals surface area (Å²) in [6.07, 6.45) is 4.12. The lowest BCUT2D eigenvalue weighted by atomic mass is 10.1. The van der Waals surface area contributed by atoms with Gasteiger partial charge in [-0.1, -0.05) is 17.3 Å². The molecule has 1 aromatic heterocycles. The first-order valence-electron chi connectivity index (χ1n) is 8.24. The van der Waals surface area contributed by atoms with Crippen molar-refractivity contribution >= 4 is 17.6 Å². The van der Waals surface area contributed by atoms with Gasteiger partial charge >= 0.3 is 0 Å². The molecule has 0 unspecified atom stereocenters. The first-order chi connectivity index (χ1) is 12.1. The first kappa shape index (κ1) is 16.9. The number of hydrogen-bond acceptors (Lipinski definition) is 5. The SMILES string of the molecule is COc1cccc(CCNC(=O)Cn2cc(NC(=O)C3CC3)nn2)c1. The van der Waals surface area contributed by atoms with Gasteiger partial charge < -0.3 is 15.4 Å². The van der Waals surface area contributed by atoms with Crippen molar-refractivity contribution in [1.29, 1.82) is 0 Å². The highest BCUT2D eigenvalue weighted by Crippen LogP contribution is 2.29. The van der Waals surface area contributed by atoms with E-state index in [9.17, 15) is 9.59 Å². The number of nitrogens with zero attached hydrogens (tertiary/aromatic N) is 3. The van der Waals surface area contributed by atoms with Crippen LogP contribution in [0.1, 0.15) is 18.4 Å². The van der Waals surface area contributed by atoms with Crippen molar-refractivity contribution in [2.24, 2.45) is 5.92 Å². The minimum absolute atomic E-state index is 0.0326. The van der Waals surface area contributed by atoms with Gasteiger partial charge in [-0.25, -0.2) is 4.68 Å². The first-order valence-corrected chi connectivity index (χ1v) is 8.24. The molecule has 132 valence electrons. The molecule has 1 aliphatic rings. The fraction of sp³-hybridized carbons (Fsp3) is 0.412. The van der Waals surface area contributed by atoms with Crippen LogP contribution in [-0.2, 0) is 22.6 Å². The molecule has 1 heterocycles. The number of benzene rings is 1. The Hall–Kier alpha value is -2.90. The number of nitrogens with one attached hydrogen (secondary N) is 2. The number of rotatable bonds is 8. The zero-order chi connectivity index (χ0) is 17.6. The molecule has 0 spiro atoms. The van der Waals surface area contributed by atoms with E-state index in [0.717, 1.165) is 24.2 Å². The van der Waals surface area contributed by atoms with Crippen molar-refractivity contribution < 1.29 is 14.3 Å².